The van der Waals surface area contributed by atoms with Crippen molar-refractivity contribution in [2.75, 3.05) is 53.5 Å². The number of hydrogen-bond donors (Lipinski definition) is 2. The van der Waals surface area contributed by atoms with Gasteiger partial charge >= 0.3 is 0 Å². The number of halogens is 1. The molecule has 230 valence electrons. The van der Waals surface area contributed by atoms with Crippen LogP contribution >= 0.6 is 0 Å². The number of benzene rings is 1. The first-order valence-corrected chi connectivity index (χ1v) is 15.1. The molecule has 12 heteroatoms. The van der Waals surface area contributed by atoms with Gasteiger partial charge in [0.15, 0.2) is 11.5 Å². The molecule has 1 fully saturated rings. The van der Waals surface area contributed by atoms with E-state index in [1.807, 2.05) is 44.4 Å². The fourth-order valence-electron chi connectivity index (χ4n) is 5.55. The lowest BCUT2D eigenvalue weighted by atomic mass is 10.1. The first kappa shape index (κ1) is 28.8. The zero-order valence-electron chi connectivity index (χ0n) is 25.3. The highest BCUT2D eigenvalue weighted by atomic mass is 19.1. The Bertz CT molecular complexity index is 1950. The standard InChI is InChI=1S/C33H34FN9O2/c1-42(2)11-13-45-25-17-22(19-35-20-25)26-5-6-28-31(37-26)32(41-40-28)33-38-27-7-8-36-29(30(27)39-33)21-15-23(34)18-24(16-21)44-14-12-43-9-3-4-10-43/h5-8,15-20H,3-4,9-14H2,1-2H3,(H,38,39)(H,40,41). The number of likely N-dealkylation sites (N-methyl/N-ethyl adjacent to an activating group) is 1. The number of ether oxygens (including phenoxy) is 2. The lowest BCUT2D eigenvalue weighted by Crippen LogP contribution is -2.25. The van der Waals surface area contributed by atoms with Gasteiger partial charge < -0.3 is 19.4 Å². The molecule has 0 atom stereocenters. The second-order valence-electron chi connectivity index (χ2n) is 11.4. The molecule has 0 radical (unpaired) electrons. The number of likely N-dealkylation sites (tertiary alicyclic amines) is 1. The Hall–Kier alpha value is -4.94. The van der Waals surface area contributed by atoms with Gasteiger partial charge in [-0.2, -0.15) is 5.10 Å². The number of fused-ring (bicyclic) bond motifs is 2. The monoisotopic (exact) mass is 607 g/mol. The van der Waals surface area contributed by atoms with Crippen LogP contribution < -0.4 is 9.47 Å². The van der Waals surface area contributed by atoms with Crippen LogP contribution in [0.3, 0.4) is 0 Å². The largest absolute Gasteiger partial charge is 0.492 e. The van der Waals surface area contributed by atoms with Crippen molar-refractivity contribution in [1.82, 2.24) is 44.9 Å². The van der Waals surface area contributed by atoms with Crippen molar-refractivity contribution >= 4 is 22.1 Å². The summed E-state index contributed by atoms with van der Waals surface area (Å²) in [5.41, 5.74) is 6.00. The van der Waals surface area contributed by atoms with Gasteiger partial charge in [-0.3, -0.25) is 20.0 Å². The molecule has 1 aromatic carbocycles. The molecule has 7 rings (SSSR count). The molecule has 6 heterocycles. The molecular formula is C33H34FN9O2. The van der Waals surface area contributed by atoms with Crippen LogP contribution in [-0.4, -0.2) is 98.4 Å². The second kappa shape index (κ2) is 12.6. The Morgan fingerprint density at radius 2 is 1.69 bits per heavy atom. The fraction of sp³-hybridized carbons (Fsp3) is 0.303. The van der Waals surface area contributed by atoms with Crippen LogP contribution in [0.4, 0.5) is 4.39 Å². The van der Waals surface area contributed by atoms with Crippen LogP contribution in [0, 0.1) is 5.82 Å². The third-order valence-electron chi connectivity index (χ3n) is 7.87. The van der Waals surface area contributed by atoms with Crippen LogP contribution in [0.25, 0.3) is 56.1 Å². The topological polar surface area (TPSA) is 121 Å². The predicted octanol–water partition coefficient (Wildman–Crippen LogP) is 5.18. The maximum atomic E-state index is 14.8. The van der Waals surface area contributed by atoms with Gasteiger partial charge in [0.05, 0.1) is 28.6 Å². The molecule has 0 bridgehead atoms. The van der Waals surface area contributed by atoms with Gasteiger partial charge in [-0.15, -0.1) is 0 Å². The molecule has 1 aliphatic heterocycles. The minimum absolute atomic E-state index is 0.394. The number of nitrogens with zero attached hydrogens (tertiary/aromatic N) is 7. The van der Waals surface area contributed by atoms with Crippen LogP contribution in [0.15, 0.2) is 61.1 Å². The number of hydrogen-bond acceptors (Lipinski definition) is 9. The summed E-state index contributed by atoms with van der Waals surface area (Å²) in [6.45, 7) is 4.85. The maximum Gasteiger partial charge on any atom is 0.161 e. The third-order valence-corrected chi connectivity index (χ3v) is 7.87. The Morgan fingerprint density at radius 1 is 0.867 bits per heavy atom. The molecule has 0 aliphatic carbocycles. The zero-order valence-corrected chi connectivity index (χ0v) is 25.3. The first-order valence-electron chi connectivity index (χ1n) is 15.1. The van der Waals surface area contributed by atoms with E-state index in [4.69, 9.17) is 19.4 Å². The molecule has 0 unspecified atom stereocenters. The molecule has 6 aromatic rings. The third kappa shape index (κ3) is 6.33. The van der Waals surface area contributed by atoms with E-state index in [2.05, 4.69) is 34.9 Å². The average Bonchev–Trinajstić information content (AvgIpc) is 3.80. The Morgan fingerprint density at radius 3 is 2.56 bits per heavy atom. The van der Waals surface area contributed by atoms with E-state index in [9.17, 15) is 4.39 Å². The summed E-state index contributed by atoms with van der Waals surface area (Å²) in [5.74, 6) is 1.27. The average molecular weight is 608 g/mol. The van der Waals surface area contributed by atoms with E-state index < -0.39 is 5.82 Å². The Balaban J connectivity index is 1.18. The van der Waals surface area contributed by atoms with Gasteiger partial charge in [0.1, 0.15) is 41.6 Å². The van der Waals surface area contributed by atoms with Crippen molar-refractivity contribution in [3.8, 4) is 45.5 Å². The molecule has 0 amide bonds. The first-order chi connectivity index (χ1) is 22.0. The van der Waals surface area contributed by atoms with Crippen molar-refractivity contribution in [3.05, 3.63) is 66.9 Å². The van der Waals surface area contributed by atoms with Gasteiger partial charge in [-0.25, -0.2) is 14.4 Å². The van der Waals surface area contributed by atoms with E-state index in [-0.39, 0.29) is 0 Å². The SMILES string of the molecule is CN(C)CCOc1cncc(-c2ccc3[nH]nc(-c4nc5c(-c6cc(F)cc(OCCN7CCCC7)c6)nccc5[nH]4)c3n2)c1. The Labute approximate surface area is 259 Å². The van der Waals surface area contributed by atoms with E-state index in [1.54, 1.807) is 18.6 Å². The molecule has 0 spiro atoms. The van der Waals surface area contributed by atoms with Crippen LogP contribution in [0.1, 0.15) is 12.8 Å². The maximum absolute atomic E-state index is 14.8. The highest BCUT2D eigenvalue weighted by molar-refractivity contribution is 5.95. The quantitative estimate of drug-likeness (QED) is 0.205. The summed E-state index contributed by atoms with van der Waals surface area (Å²) in [4.78, 5) is 26.5. The highest BCUT2D eigenvalue weighted by Crippen LogP contribution is 2.33. The van der Waals surface area contributed by atoms with Gasteiger partial charge in [0.25, 0.3) is 0 Å². The molecule has 11 nitrogen and oxygen atoms in total. The van der Waals surface area contributed by atoms with Gasteiger partial charge in [0, 0.05) is 42.7 Å². The number of imidazole rings is 1. The van der Waals surface area contributed by atoms with Crippen LogP contribution in [0.2, 0.25) is 0 Å². The number of H-pyrrole nitrogens is 2. The lowest BCUT2D eigenvalue weighted by Gasteiger charge is -2.15. The normalized spacial score (nSPS) is 13.8. The van der Waals surface area contributed by atoms with E-state index in [0.717, 1.165) is 48.5 Å². The van der Waals surface area contributed by atoms with Crippen LogP contribution in [-0.2, 0) is 0 Å². The highest BCUT2D eigenvalue weighted by Gasteiger charge is 2.19. The van der Waals surface area contributed by atoms with E-state index >= 15 is 0 Å². The number of rotatable bonds is 11. The fourth-order valence-corrected chi connectivity index (χ4v) is 5.55. The van der Waals surface area contributed by atoms with Gasteiger partial charge in [-0.1, -0.05) is 0 Å². The second-order valence-corrected chi connectivity index (χ2v) is 11.4. The van der Waals surface area contributed by atoms with E-state index in [1.165, 1.54) is 25.0 Å². The van der Waals surface area contributed by atoms with Gasteiger partial charge in [0.2, 0.25) is 0 Å². The molecule has 0 saturated carbocycles. The molecule has 1 saturated heterocycles. The molecule has 45 heavy (non-hydrogen) atoms. The molecular weight excluding hydrogens is 573 g/mol. The van der Waals surface area contributed by atoms with Gasteiger partial charge in [-0.05, 0) is 76.4 Å². The Kier molecular flexibility index (Phi) is 8.05. The summed E-state index contributed by atoms with van der Waals surface area (Å²) in [6.07, 6.45) is 7.57. The number of nitrogens with one attached hydrogen (secondary N) is 2. The summed E-state index contributed by atoms with van der Waals surface area (Å²) < 4.78 is 26.6. The van der Waals surface area contributed by atoms with Crippen LogP contribution in [0.5, 0.6) is 11.5 Å². The number of pyridine rings is 3. The predicted molar refractivity (Wildman–Crippen MR) is 171 cm³/mol. The number of aromatic amines is 2. The summed E-state index contributed by atoms with van der Waals surface area (Å²) >= 11 is 0. The molecule has 1 aliphatic rings. The summed E-state index contributed by atoms with van der Waals surface area (Å²) in [5, 5.41) is 7.59. The smallest absolute Gasteiger partial charge is 0.161 e. The molecule has 2 N–H and O–H groups in total. The summed E-state index contributed by atoms with van der Waals surface area (Å²) in [6, 6.07) is 12.3. The minimum atomic E-state index is -0.394. The lowest BCUT2D eigenvalue weighted by molar-refractivity contribution is 0.237. The minimum Gasteiger partial charge on any atom is -0.492 e. The molecule has 5 aromatic heterocycles. The van der Waals surface area contributed by atoms with Crippen molar-refractivity contribution in [2.45, 2.75) is 12.8 Å². The van der Waals surface area contributed by atoms with Crippen molar-refractivity contribution in [3.63, 3.8) is 0 Å². The van der Waals surface area contributed by atoms with Crippen molar-refractivity contribution in [2.24, 2.45) is 0 Å². The van der Waals surface area contributed by atoms with E-state index in [0.29, 0.717) is 58.5 Å². The zero-order chi connectivity index (χ0) is 30.8. The summed E-state index contributed by atoms with van der Waals surface area (Å²) in [7, 11) is 4.01. The number of aromatic nitrogens is 7. The van der Waals surface area contributed by atoms with Crippen molar-refractivity contribution in [1.29, 1.82) is 0 Å². The van der Waals surface area contributed by atoms with Crippen molar-refractivity contribution < 1.29 is 13.9 Å².